The number of hydrogen-bond donors (Lipinski definition) is 0. The Balaban J connectivity index is 2.47. The zero-order valence-electron chi connectivity index (χ0n) is 9.84. The molecule has 0 aliphatic carbocycles. The SMILES string of the molecule is CCCCOC(=O)C1(C)CCC=C(C)O1. The molecule has 3 heteroatoms. The van der Waals surface area contributed by atoms with Crippen molar-refractivity contribution in [1.29, 1.82) is 0 Å². The summed E-state index contributed by atoms with van der Waals surface area (Å²) >= 11 is 0. The first kappa shape index (κ1) is 12.1. The van der Waals surface area contributed by atoms with E-state index in [9.17, 15) is 4.79 Å². The van der Waals surface area contributed by atoms with Crippen molar-refractivity contribution in [3.8, 4) is 0 Å². The Labute approximate surface area is 91.4 Å². The molecule has 0 spiro atoms. The van der Waals surface area contributed by atoms with Gasteiger partial charge in [-0.1, -0.05) is 13.3 Å². The molecule has 0 radical (unpaired) electrons. The fraction of sp³-hybridized carbons (Fsp3) is 0.750. The fourth-order valence-electron chi connectivity index (χ4n) is 1.60. The molecule has 3 nitrogen and oxygen atoms in total. The van der Waals surface area contributed by atoms with Gasteiger partial charge in [0.25, 0.3) is 0 Å². The number of carbonyl (C=O) groups excluding carboxylic acids is 1. The molecule has 0 aromatic carbocycles. The van der Waals surface area contributed by atoms with Crippen LogP contribution in [0, 0.1) is 0 Å². The first-order valence-corrected chi connectivity index (χ1v) is 5.61. The number of carbonyl (C=O) groups is 1. The fourth-order valence-corrected chi connectivity index (χ4v) is 1.60. The summed E-state index contributed by atoms with van der Waals surface area (Å²) in [5, 5.41) is 0. The van der Waals surface area contributed by atoms with Gasteiger partial charge in [-0.25, -0.2) is 4.79 Å². The van der Waals surface area contributed by atoms with E-state index in [0.717, 1.165) is 25.0 Å². The van der Waals surface area contributed by atoms with Crippen molar-refractivity contribution in [2.45, 2.75) is 52.1 Å². The molecular weight excluding hydrogens is 192 g/mol. The van der Waals surface area contributed by atoms with E-state index in [1.54, 1.807) is 6.92 Å². The van der Waals surface area contributed by atoms with Crippen LogP contribution in [-0.2, 0) is 14.3 Å². The van der Waals surface area contributed by atoms with E-state index >= 15 is 0 Å². The molecule has 0 aromatic heterocycles. The largest absolute Gasteiger partial charge is 0.481 e. The molecule has 0 fully saturated rings. The van der Waals surface area contributed by atoms with Crippen LogP contribution in [0.3, 0.4) is 0 Å². The van der Waals surface area contributed by atoms with Crippen molar-refractivity contribution in [3.05, 3.63) is 11.8 Å². The summed E-state index contributed by atoms with van der Waals surface area (Å²) in [5.41, 5.74) is -0.771. The predicted octanol–water partition coefficient (Wildman–Crippen LogP) is 2.80. The molecule has 15 heavy (non-hydrogen) atoms. The maximum absolute atomic E-state index is 11.8. The molecule has 0 saturated heterocycles. The molecular formula is C12H20O3. The van der Waals surface area contributed by atoms with E-state index in [2.05, 4.69) is 6.92 Å². The van der Waals surface area contributed by atoms with Crippen molar-refractivity contribution >= 4 is 5.97 Å². The Morgan fingerprint density at radius 3 is 3.00 bits per heavy atom. The van der Waals surface area contributed by atoms with Crippen molar-refractivity contribution in [2.75, 3.05) is 6.61 Å². The molecule has 1 heterocycles. The first-order valence-electron chi connectivity index (χ1n) is 5.61. The lowest BCUT2D eigenvalue weighted by Crippen LogP contribution is -2.41. The smallest absolute Gasteiger partial charge is 0.350 e. The van der Waals surface area contributed by atoms with E-state index in [-0.39, 0.29) is 5.97 Å². The van der Waals surface area contributed by atoms with Crippen LogP contribution in [0.5, 0.6) is 0 Å². The molecule has 0 saturated carbocycles. The Kier molecular flexibility index (Phi) is 4.18. The minimum atomic E-state index is -0.771. The molecule has 86 valence electrons. The molecule has 0 N–H and O–H groups in total. The summed E-state index contributed by atoms with van der Waals surface area (Å²) in [6, 6.07) is 0. The second-order valence-electron chi connectivity index (χ2n) is 4.18. The molecule has 0 aromatic rings. The van der Waals surface area contributed by atoms with Gasteiger partial charge in [0.2, 0.25) is 5.60 Å². The van der Waals surface area contributed by atoms with Crippen LogP contribution in [0.2, 0.25) is 0 Å². The average molecular weight is 212 g/mol. The number of ether oxygens (including phenoxy) is 2. The Morgan fingerprint density at radius 1 is 1.67 bits per heavy atom. The third-order valence-corrected chi connectivity index (χ3v) is 2.60. The van der Waals surface area contributed by atoms with Crippen molar-refractivity contribution in [2.24, 2.45) is 0 Å². The third-order valence-electron chi connectivity index (χ3n) is 2.60. The average Bonchev–Trinajstić information content (AvgIpc) is 2.17. The quantitative estimate of drug-likeness (QED) is 0.531. The molecule has 1 rings (SSSR count). The number of rotatable bonds is 4. The molecule has 1 aliphatic rings. The van der Waals surface area contributed by atoms with Gasteiger partial charge in [0, 0.05) is 6.42 Å². The first-order chi connectivity index (χ1) is 7.08. The Hall–Kier alpha value is -0.990. The van der Waals surface area contributed by atoms with Crippen LogP contribution in [-0.4, -0.2) is 18.2 Å². The second kappa shape index (κ2) is 5.19. The van der Waals surface area contributed by atoms with E-state index in [4.69, 9.17) is 9.47 Å². The second-order valence-corrected chi connectivity index (χ2v) is 4.18. The third kappa shape index (κ3) is 3.26. The topological polar surface area (TPSA) is 35.5 Å². The minimum absolute atomic E-state index is 0.233. The molecule has 1 aliphatic heterocycles. The highest BCUT2D eigenvalue weighted by atomic mass is 16.6. The maximum Gasteiger partial charge on any atom is 0.350 e. The van der Waals surface area contributed by atoms with Gasteiger partial charge in [-0.15, -0.1) is 0 Å². The summed E-state index contributed by atoms with van der Waals surface area (Å²) in [4.78, 5) is 11.8. The lowest BCUT2D eigenvalue weighted by molar-refractivity contribution is -0.167. The van der Waals surface area contributed by atoms with Gasteiger partial charge in [-0.2, -0.15) is 0 Å². The number of esters is 1. The summed E-state index contributed by atoms with van der Waals surface area (Å²) in [6.45, 7) is 6.24. The van der Waals surface area contributed by atoms with Gasteiger partial charge < -0.3 is 9.47 Å². The molecule has 1 atom stereocenters. The van der Waals surface area contributed by atoms with E-state index in [1.807, 2.05) is 13.0 Å². The van der Waals surface area contributed by atoms with Gasteiger partial charge in [0.15, 0.2) is 0 Å². The predicted molar refractivity (Wildman–Crippen MR) is 58.3 cm³/mol. The normalized spacial score (nSPS) is 25.4. The van der Waals surface area contributed by atoms with Crippen LogP contribution in [0.15, 0.2) is 11.8 Å². The summed E-state index contributed by atoms with van der Waals surface area (Å²) in [5.74, 6) is 0.583. The van der Waals surface area contributed by atoms with Crippen LogP contribution in [0.4, 0.5) is 0 Å². The highest BCUT2D eigenvalue weighted by Crippen LogP contribution is 2.28. The van der Waals surface area contributed by atoms with Crippen LogP contribution in [0.1, 0.15) is 46.5 Å². The number of allylic oxidation sites excluding steroid dienone is 2. The highest BCUT2D eigenvalue weighted by molar-refractivity contribution is 5.79. The van der Waals surface area contributed by atoms with E-state index in [0.29, 0.717) is 13.0 Å². The van der Waals surface area contributed by atoms with Gasteiger partial charge in [-0.3, -0.25) is 0 Å². The van der Waals surface area contributed by atoms with Crippen molar-refractivity contribution < 1.29 is 14.3 Å². The minimum Gasteiger partial charge on any atom is -0.481 e. The monoisotopic (exact) mass is 212 g/mol. The Bertz CT molecular complexity index is 258. The lowest BCUT2D eigenvalue weighted by Gasteiger charge is -2.31. The van der Waals surface area contributed by atoms with E-state index < -0.39 is 5.60 Å². The van der Waals surface area contributed by atoms with E-state index in [1.165, 1.54) is 0 Å². The van der Waals surface area contributed by atoms with Crippen LogP contribution in [0.25, 0.3) is 0 Å². The van der Waals surface area contributed by atoms with Crippen molar-refractivity contribution in [1.82, 2.24) is 0 Å². The van der Waals surface area contributed by atoms with Gasteiger partial charge in [0.05, 0.1) is 12.4 Å². The standard InChI is InChI=1S/C12H20O3/c1-4-5-9-14-11(13)12(3)8-6-7-10(2)15-12/h7H,4-6,8-9H2,1-3H3. The van der Waals surface area contributed by atoms with Crippen molar-refractivity contribution in [3.63, 3.8) is 0 Å². The van der Waals surface area contributed by atoms with Crippen LogP contribution < -0.4 is 0 Å². The number of hydrogen-bond acceptors (Lipinski definition) is 3. The zero-order valence-corrected chi connectivity index (χ0v) is 9.84. The molecule has 1 unspecified atom stereocenters. The van der Waals surface area contributed by atoms with Gasteiger partial charge >= 0.3 is 5.97 Å². The molecule has 0 bridgehead atoms. The van der Waals surface area contributed by atoms with Crippen LogP contribution >= 0.6 is 0 Å². The van der Waals surface area contributed by atoms with Gasteiger partial charge in [-0.05, 0) is 32.8 Å². The maximum atomic E-state index is 11.8. The summed E-state index contributed by atoms with van der Waals surface area (Å²) in [7, 11) is 0. The zero-order chi connectivity index (χ0) is 11.3. The summed E-state index contributed by atoms with van der Waals surface area (Å²) in [6.07, 6.45) is 5.53. The molecule has 0 amide bonds. The number of unbranched alkanes of at least 4 members (excludes halogenated alkanes) is 1. The lowest BCUT2D eigenvalue weighted by atomic mass is 9.97. The summed E-state index contributed by atoms with van der Waals surface area (Å²) < 4.78 is 10.7. The Morgan fingerprint density at radius 2 is 2.40 bits per heavy atom. The highest BCUT2D eigenvalue weighted by Gasteiger charge is 2.38. The van der Waals surface area contributed by atoms with Gasteiger partial charge in [0.1, 0.15) is 0 Å².